The number of hydrogen-bond acceptors (Lipinski definition) is 19. The van der Waals surface area contributed by atoms with Crippen molar-refractivity contribution >= 4 is 79.4 Å². The van der Waals surface area contributed by atoms with Gasteiger partial charge in [-0.25, -0.2) is 66.5 Å². The minimum Gasteiger partial charge on any atom is -0.423 e. The van der Waals surface area contributed by atoms with Crippen molar-refractivity contribution in [2.75, 3.05) is 46.7 Å². The molecule has 0 radical (unpaired) electrons. The fourth-order valence-electron chi connectivity index (χ4n) is 14.3. The summed E-state index contributed by atoms with van der Waals surface area (Å²) < 4.78 is 46.9. The highest BCUT2D eigenvalue weighted by atomic mass is 35.5. The Bertz CT molecular complexity index is 4290. The first-order chi connectivity index (χ1) is 47.0. The fourth-order valence-corrected chi connectivity index (χ4v) is 16.3. The quantitative estimate of drug-likeness (QED) is 0.0461. The third-order valence-corrected chi connectivity index (χ3v) is 23.5. The van der Waals surface area contributed by atoms with Gasteiger partial charge in [0.1, 0.15) is 24.1 Å². The maximum absolute atomic E-state index is 13.4. The van der Waals surface area contributed by atoms with Crippen molar-refractivity contribution in [1.29, 1.82) is 0 Å². The summed E-state index contributed by atoms with van der Waals surface area (Å²) >= 11 is 5.95. The van der Waals surface area contributed by atoms with E-state index in [1.807, 2.05) is 49.3 Å². The van der Waals surface area contributed by atoms with E-state index in [0.717, 1.165) is 95.2 Å². The van der Waals surface area contributed by atoms with Gasteiger partial charge < -0.3 is 31.7 Å². The lowest BCUT2D eigenvalue weighted by Crippen LogP contribution is -2.41. The number of pyridine rings is 3. The largest absolute Gasteiger partial charge is 0.491 e. The molecule has 0 bridgehead atoms. The van der Waals surface area contributed by atoms with Gasteiger partial charge in [-0.3, -0.25) is 9.60 Å². The lowest BCUT2D eigenvalue weighted by atomic mass is 9.78. The summed E-state index contributed by atoms with van der Waals surface area (Å²) in [6.07, 6.45) is 24.4. The van der Waals surface area contributed by atoms with Gasteiger partial charge in [-0.2, -0.15) is 0 Å². The molecule has 3 aliphatic heterocycles. The molecule has 2 aromatic carbocycles. The highest BCUT2D eigenvalue weighted by Crippen LogP contribution is 2.51. The molecule has 0 saturated heterocycles. The van der Waals surface area contributed by atoms with Gasteiger partial charge in [-0.1, -0.05) is 137 Å². The SMILES string of the molecule is C.CC(C)c1ncncc1-c1ccc2c(n1)C1(CCCC1)CN2.CC(C)c1ncncc1B(O)O.CCS(=O)(=O)c1ccc(CN)cc1.CCS(=O)(=O)c1ccc(CNC(=O)N2CC3(CCCC3)c3nc(-c4cncnc4C(C)C)ccc32)cc1.Cl.Clc1ccc2c(n1)C1(CCCC1)CN2.F. The van der Waals surface area contributed by atoms with Crippen molar-refractivity contribution in [3.05, 3.63) is 173 Å². The number of carbonyl (C=O) groups is 1. The molecule has 3 aliphatic carbocycles. The molecule has 7 N–H and O–H groups in total. The van der Waals surface area contributed by atoms with Crippen molar-refractivity contribution in [1.82, 2.24) is 50.2 Å². The predicted octanol–water partition coefficient (Wildman–Crippen LogP) is 13.3. The summed E-state index contributed by atoms with van der Waals surface area (Å²) in [6, 6.07) is 25.4. The van der Waals surface area contributed by atoms with E-state index >= 15 is 0 Å². The highest BCUT2D eigenvalue weighted by Gasteiger charge is 2.48. The fraction of sp³-hybridized carbons (Fsp3) is 0.459. The van der Waals surface area contributed by atoms with Crippen LogP contribution in [-0.2, 0) is 49.0 Å². The Kier molecular flexibility index (Phi) is 28.0. The number of nitrogens with two attached hydrogens (primary N) is 1. The van der Waals surface area contributed by atoms with Crippen molar-refractivity contribution in [2.45, 2.75) is 197 Å². The molecule has 0 unspecified atom stereocenters. The Morgan fingerprint density at radius 1 is 0.584 bits per heavy atom. The van der Waals surface area contributed by atoms with Crippen LogP contribution in [0.5, 0.6) is 0 Å². The number of nitrogens with one attached hydrogen (secondary N) is 3. The normalized spacial score (nSPS) is 15.9. The van der Waals surface area contributed by atoms with Gasteiger partial charge in [0.05, 0.1) is 78.2 Å². The number of rotatable bonds is 13. The molecule has 3 fully saturated rings. The van der Waals surface area contributed by atoms with Gasteiger partial charge in [0.15, 0.2) is 19.7 Å². The molecule has 542 valence electrons. The zero-order valence-corrected chi connectivity index (χ0v) is 61.5. The number of fused-ring (bicyclic) bond motifs is 6. The summed E-state index contributed by atoms with van der Waals surface area (Å²) in [5, 5.41) is 28.5. The number of aromatic nitrogens is 9. The van der Waals surface area contributed by atoms with E-state index in [0.29, 0.717) is 57.1 Å². The second kappa shape index (κ2) is 35.0. The maximum Gasteiger partial charge on any atom is 0.491 e. The smallest absolute Gasteiger partial charge is 0.423 e. The summed E-state index contributed by atoms with van der Waals surface area (Å²) in [5.41, 5.74) is 21.3. The molecule has 6 aromatic heterocycles. The molecule has 9 heterocycles. The van der Waals surface area contributed by atoms with Crippen LogP contribution in [-0.4, -0.2) is 116 Å². The monoisotopic (exact) mass is 1460 g/mol. The third kappa shape index (κ3) is 18.2. The number of nitrogens with zero attached hydrogens (tertiary/aromatic N) is 10. The second-order valence-electron chi connectivity index (χ2n) is 27.2. The number of urea groups is 1. The number of carbonyl (C=O) groups excluding carboxylic acids is 1. The first-order valence-electron chi connectivity index (χ1n) is 34.3. The Balaban J connectivity index is 0.000000190. The molecule has 8 aromatic rings. The van der Waals surface area contributed by atoms with E-state index in [1.54, 1.807) is 75.0 Å². The summed E-state index contributed by atoms with van der Waals surface area (Å²) in [7, 11) is -7.79. The average molecular weight is 1460 g/mol. The van der Waals surface area contributed by atoms with Crippen molar-refractivity contribution in [2.24, 2.45) is 5.73 Å². The predicted molar refractivity (Wildman–Crippen MR) is 404 cm³/mol. The van der Waals surface area contributed by atoms with Gasteiger partial charge in [0.2, 0.25) is 0 Å². The summed E-state index contributed by atoms with van der Waals surface area (Å²) in [4.78, 5) is 55.7. The molecular formula is C74H98BCl2FN14O7S2. The van der Waals surface area contributed by atoms with Gasteiger partial charge in [0.25, 0.3) is 0 Å². The Morgan fingerprint density at radius 3 is 1.45 bits per heavy atom. The van der Waals surface area contributed by atoms with Crippen molar-refractivity contribution in [3.63, 3.8) is 0 Å². The lowest BCUT2D eigenvalue weighted by molar-refractivity contribution is 0.245. The molecule has 3 spiro atoms. The van der Waals surface area contributed by atoms with Gasteiger partial charge in [-0.05, 0) is 128 Å². The van der Waals surface area contributed by atoms with Gasteiger partial charge in [0, 0.05) is 89.8 Å². The number of anilines is 3. The van der Waals surface area contributed by atoms with Crippen LogP contribution in [0.1, 0.15) is 203 Å². The standard InChI is InChI=1S/C28H33N5O3S.C18H22N4.C11H13ClN2.C9H13NO2S.C7H11BN2O2.CH4.ClH.FH/c1-4-37(35,36)21-9-7-20(8-10-21)15-30-27(34)33-17-28(13-5-6-14-28)26-24(33)12-11-23(32-26)22-16-29-18-31-25(22)19(2)3;1-12(2)16-13(9-19-11-21-16)14-5-6-15-17(22-14)18(10-20-15)7-3-4-8-18;12-9-4-3-8-10(14-9)11(7-13-8)5-1-2-6-11;1-2-13(11,12)9-5-3-8(7-10)4-6-9;1-5(2)7-6(8(11)12)3-9-4-10-7;;;/h7-12,16,18-19H,4-6,13-15,17H2,1-3H3,(H,30,34);5-6,9,11-12,20H,3-4,7-8,10H2,1-2H3;3-4,13H,1-2,5-7H2;3-6H,2,7,10H2,1H3;3-5,11-12H,1-2H3;1H4;2*1H. The number of amides is 2. The van der Waals surface area contributed by atoms with Crippen LogP contribution >= 0.6 is 24.0 Å². The van der Waals surface area contributed by atoms with Crippen LogP contribution in [0, 0.1) is 0 Å². The van der Waals surface area contributed by atoms with E-state index in [-0.39, 0.29) is 64.7 Å². The van der Waals surface area contributed by atoms with Crippen LogP contribution in [0.15, 0.2) is 132 Å². The first kappa shape index (κ1) is 80.7. The second-order valence-corrected chi connectivity index (χ2v) is 32.2. The summed E-state index contributed by atoms with van der Waals surface area (Å²) in [6.45, 7) is 19.1. The molecule has 27 heteroatoms. The van der Waals surface area contributed by atoms with Crippen LogP contribution in [0.4, 0.5) is 26.6 Å². The number of benzene rings is 2. The minimum absolute atomic E-state index is 0. The maximum atomic E-state index is 13.4. The molecule has 101 heavy (non-hydrogen) atoms. The van der Waals surface area contributed by atoms with E-state index in [9.17, 15) is 21.6 Å². The van der Waals surface area contributed by atoms with Crippen LogP contribution in [0.25, 0.3) is 22.5 Å². The average Bonchev–Trinajstić information content (AvgIpc) is 1.60. The Hall–Kier alpha value is -7.65. The number of hydrogen-bond donors (Lipinski definition) is 6. The molecule has 3 saturated carbocycles. The Labute approximate surface area is 606 Å². The van der Waals surface area contributed by atoms with E-state index in [2.05, 4.69) is 96.7 Å². The number of sulfone groups is 2. The first-order valence-corrected chi connectivity index (χ1v) is 38.0. The molecule has 2 amide bonds. The van der Waals surface area contributed by atoms with E-state index in [1.165, 1.54) is 86.7 Å². The van der Waals surface area contributed by atoms with Gasteiger partial charge in [-0.15, -0.1) is 12.4 Å². The molecule has 21 nitrogen and oxygen atoms in total. The van der Waals surface area contributed by atoms with E-state index in [4.69, 9.17) is 37.4 Å². The zero-order valence-electron chi connectivity index (χ0n) is 58.3. The highest BCUT2D eigenvalue weighted by molar-refractivity contribution is 7.91. The number of halogens is 3. The molecule has 6 aliphatic rings. The topological polar surface area (TPSA) is 307 Å². The molecule has 0 atom stereocenters. The van der Waals surface area contributed by atoms with Gasteiger partial charge >= 0.3 is 13.1 Å². The van der Waals surface area contributed by atoms with Crippen LogP contribution in [0.3, 0.4) is 0 Å². The van der Waals surface area contributed by atoms with Crippen molar-refractivity contribution < 1.29 is 36.4 Å². The van der Waals surface area contributed by atoms with E-state index < -0.39 is 26.8 Å². The lowest BCUT2D eigenvalue weighted by Gasteiger charge is -2.24. The zero-order chi connectivity index (χ0) is 70.0. The third-order valence-electron chi connectivity index (χ3n) is 19.8. The summed E-state index contributed by atoms with van der Waals surface area (Å²) in [5.74, 6) is 0.975. The Morgan fingerprint density at radius 2 is 1.00 bits per heavy atom. The van der Waals surface area contributed by atoms with Crippen LogP contribution in [0.2, 0.25) is 5.15 Å². The van der Waals surface area contributed by atoms with Crippen molar-refractivity contribution in [3.8, 4) is 22.5 Å². The molecule has 14 rings (SSSR count). The minimum atomic E-state index is -3.25. The molecular weight excluding hydrogens is 1360 g/mol. The van der Waals surface area contributed by atoms with Crippen LogP contribution < -0.4 is 32.0 Å².